The molecule has 13 nitrogen and oxygen atoms in total. The Balaban J connectivity index is 5.08. The van der Waals surface area contributed by atoms with Crippen molar-refractivity contribution >= 4 is 47.3 Å². The Morgan fingerprint density at radius 2 is 1.47 bits per heavy atom. The molecule has 0 bridgehead atoms. The lowest BCUT2D eigenvalue weighted by Crippen LogP contribution is -2.56. The molecule has 0 saturated carbocycles. The van der Waals surface area contributed by atoms with E-state index in [4.69, 9.17) is 21.7 Å². The summed E-state index contributed by atoms with van der Waals surface area (Å²) in [7, 11) is 0. The number of hydrogen-bond acceptors (Lipinski definition) is 8. The number of carbonyl (C=O) groups is 6. The van der Waals surface area contributed by atoms with E-state index in [0.717, 1.165) is 0 Å². The van der Waals surface area contributed by atoms with Gasteiger partial charge in [-0.15, -0.1) is 0 Å². The van der Waals surface area contributed by atoms with Crippen LogP contribution >= 0.6 is 11.8 Å². The highest BCUT2D eigenvalue weighted by molar-refractivity contribution is 7.98. The molecule has 4 atom stereocenters. The van der Waals surface area contributed by atoms with Crippen LogP contribution in [0.2, 0.25) is 0 Å². The molecule has 4 unspecified atom stereocenters. The third-order valence-electron chi connectivity index (χ3n) is 3.75. The predicted octanol–water partition coefficient (Wildman–Crippen LogP) is -3.02. The highest BCUT2D eigenvalue weighted by atomic mass is 32.2. The van der Waals surface area contributed by atoms with Crippen molar-refractivity contribution < 1.29 is 39.0 Å². The van der Waals surface area contributed by atoms with Gasteiger partial charge in [-0.25, -0.2) is 4.79 Å². The summed E-state index contributed by atoms with van der Waals surface area (Å²) in [5.41, 5.74) is 10.4. The first-order chi connectivity index (χ1) is 13.9. The molecule has 0 rings (SSSR count). The zero-order chi connectivity index (χ0) is 23.4. The maximum atomic E-state index is 12.4. The van der Waals surface area contributed by atoms with Crippen LogP contribution in [0, 0.1) is 0 Å². The van der Waals surface area contributed by atoms with Gasteiger partial charge in [-0.3, -0.25) is 24.0 Å². The van der Waals surface area contributed by atoms with Crippen molar-refractivity contribution in [2.45, 2.75) is 50.4 Å². The van der Waals surface area contributed by atoms with E-state index in [-0.39, 0.29) is 6.42 Å². The van der Waals surface area contributed by atoms with Gasteiger partial charge in [0.1, 0.15) is 18.1 Å². The average molecular weight is 449 g/mol. The number of aliphatic carboxylic acids is 2. The fraction of sp³-hybridized carbons (Fsp3) is 0.625. The van der Waals surface area contributed by atoms with Crippen molar-refractivity contribution in [2.75, 3.05) is 12.0 Å². The lowest BCUT2D eigenvalue weighted by atomic mass is 10.1. The molecule has 0 aliphatic carbocycles. The Morgan fingerprint density at radius 1 is 0.900 bits per heavy atom. The topological polar surface area (TPSA) is 231 Å². The van der Waals surface area contributed by atoms with Gasteiger partial charge in [-0.1, -0.05) is 0 Å². The van der Waals surface area contributed by atoms with E-state index in [0.29, 0.717) is 5.75 Å². The zero-order valence-corrected chi connectivity index (χ0v) is 17.4. The van der Waals surface area contributed by atoms with Crippen LogP contribution in [0.3, 0.4) is 0 Å². The summed E-state index contributed by atoms with van der Waals surface area (Å²) in [4.78, 5) is 69.4. The highest BCUT2D eigenvalue weighted by Crippen LogP contribution is 2.04. The first kappa shape index (κ1) is 27.1. The van der Waals surface area contributed by atoms with Gasteiger partial charge in [0.25, 0.3) is 0 Å². The first-order valence-electron chi connectivity index (χ1n) is 8.77. The molecule has 0 aromatic heterocycles. The molecule has 0 heterocycles. The molecular formula is C16H27N5O8S. The van der Waals surface area contributed by atoms with Crippen LogP contribution in [0.1, 0.15) is 26.2 Å². The van der Waals surface area contributed by atoms with Crippen LogP contribution < -0.4 is 27.4 Å². The molecule has 9 N–H and O–H groups in total. The number of nitrogens with one attached hydrogen (secondary N) is 3. The van der Waals surface area contributed by atoms with Crippen LogP contribution in [-0.4, -0.2) is 82.0 Å². The zero-order valence-electron chi connectivity index (χ0n) is 16.5. The maximum Gasteiger partial charge on any atom is 0.326 e. The van der Waals surface area contributed by atoms with Crippen molar-refractivity contribution in [1.29, 1.82) is 0 Å². The molecule has 170 valence electrons. The summed E-state index contributed by atoms with van der Waals surface area (Å²) in [5, 5.41) is 24.5. The molecule has 0 saturated heterocycles. The molecule has 0 fully saturated rings. The highest BCUT2D eigenvalue weighted by Gasteiger charge is 2.29. The lowest BCUT2D eigenvalue weighted by Gasteiger charge is -2.23. The van der Waals surface area contributed by atoms with Crippen molar-refractivity contribution in [3.63, 3.8) is 0 Å². The maximum absolute atomic E-state index is 12.4. The van der Waals surface area contributed by atoms with Gasteiger partial charge in [0.05, 0.1) is 18.9 Å². The van der Waals surface area contributed by atoms with Crippen molar-refractivity contribution in [2.24, 2.45) is 11.5 Å². The molecule has 0 radical (unpaired) electrons. The molecule has 0 aliphatic heterocycles. The molecule has 0 aromatic rings. The van der Waals surface area contributed by atoms with E-state index >= 15 is 0 Å². The smallest absolute Gasteiger partial charge is 0.326 e. The van der Waals surface area contributed by atoms with Crippen LogP contribution in [0.25, 0.3) is 0 Å². The molecule has 0 aliphatic rings. The largest absolute Gasteiger partial charge is 0.481 e. The summed E-state index contributed by atoms with van der Waals surface area (Å²) in [6.07, 6.45) is 0.644. The second-order valence-corrected chi connectivity index (χ2v) is 7.33. The minimum atomic E-state index is -1.56. The first-order valence-corrected chi connectivity index (χ1v) is 10.2. The molecule has 0 aromatic carbocycles. The second-order valence-electron chi connectivity index (χ2n) is 6.35. The third-order valence-corrected chi connectivity index (χ3v) is 4.39. The number of amides is 4. The van der Waals surface area contributed by atoms with Gasteiger partial charge in [-0.05, 0) is 25.4 Å². The van der Waals surface area contributed by atoms with E-state index in [1.165, 1.54) is 18.7 Å². The lowest BCUT2D eigenvalue weighted by molar-refractivity contribution is -0.143. The summed E-state index contributed by atoms with van der Waals surface area (Å²) in [6, 6.07) is -5.22. The average Bonchev–Trinajstić information content (AvgIpc) is 2.62. The number of hydrogen-bond donors (Lipinski definition) is 7. The van der Waals surface area contributed by atoms with Gasteiger partial charge in [-0.2, -0.15) is 11.8 Å². The molecule has 4 amide bonds. The number of nitrogens with two attached hydrogens (primary N) is 2. The number of carboxylic acids is 2. The second kappa shape index (κ2) is 13.4. The monoisotopic (exact) mass is 449 g/mol. The summed E-state index contributed by atoms with van der Waals surface area (Å²) < 4.78 is 0. The standard InChI is InChI=1S/C16H27N5O8S/c1-7(19-14(26)8(17)5-12(23)24)13(25)20-9(3-4-30-2)15(27)21-10(16(28)29)6-11(18)22/h7-10H,3-6,17H2,1-2H3,(H2,18,22)(H,19,26)(H,20,25)(H,21,27)(H,23,24)(H,28,29). The Labute approximate surface area is 176 Å². The quantitative estimate of drug-likeness (QED) is 0.142. The number of primary amides is 1. The van der Waals surface area contributed by atoms with Crippen LogP contribution in [0.4, 0.5) is 0 Å². The minimum absolute atomic E-state index is 0.140. The molecule has 14 heteroatoms. The number of rotatable bonds is 14. The molecular weight excluding hydrogens is 422 g/mol. The van der Waals surface area contributed by atoms with Gasteiger partial charge in [0, 0.05) is 0 Å². The van der Waals surface area contributed by atoms with E-state index in [2.05, 4.69) is 16.0 Å². The number of carboxylic acid groups (broad SMARTS) is 2. The normalized spacial score (nSPS) is 14.5. The minimum Gasteiger partial charge on any atom is -0.481 e. The molecule has 0 spiro atoms. The Bertz CT molecular complexity index is 674. The van der Waals surface area contributed by atoms with Crippen molar-refractivity contribution in [3.05, 3.63) is 0 Å². The molecule has 30 heavy (non-hydrogen) atoms. The van der Waals surface area contributed by atoms with Gasteiger partial charge in [0.2, 0.25) is 23.6 Å². The van der Waals surface area contributed by atoms with Gasteiger partial charge < -0.3 is 37.6 Å². The van der Waals surface area contributed by atoms with E-state index in [9.17, 15) is 28.8 Å². The van der Waals surface area contributed by atoms with Crippen LogP contribution in [0.5, 0.6) is 0 Å². The SMILES string of the molecule is CSCCC(NC(=O)C(C)NC(=O)C(N)CC(=O)O)C(=O)NC(CC(N)=O)C(=O)O. The number of thioether (sulfide) groups is 1. The van der Waals surface area contributed by atoms with E-state index < -0.39 is 72.6 Å². The Morgan fingerprint density at radius 3 is 1.93 bits per heavy atom. The van der Waals surface area contributed by atoms with Crippen molar-refractivity contribution in [3.8, 4) is 0 Å². The predicted molar refractivity (Wildman–Crippen MR) is 106 cm³/mol. The van der Waals surface area contributed by atoms with Crippen LogP contribution in [0.15, 0.2) is 0 Å². The summed E-state index contributed by atoms with van der Waals surface area (Å²) in [5.74, 6) is -5.71. The third kappa shape index (κ3) is 10.6. The van der Waals surface area contributed by atoms with Gasteiger partial charge in [0.15, 0.2) is 0 Å². The van der Waals surface area contributed by atoms with Crippen LogP contribution in [-0.2, 0) is 28.8 Å². The number of carbonyl (C=O) groups excluding carboxylic acids is 4. The Hall–Kier alpha value is -2.87. The Kier molecular flexibility index (Phi) is 12.1. The summed E-state index contributed by atoms with van der Waals surface area (Å²) >= 11 is 1.38. The fourth-order valence-electron chi connectivity index (χ4n) is 2.14. The van der Waals surface area contributed by atoms with E-state index in [1.807, 2.05) is 0 Å². The van der Waals surface area contributed by atoms with Crippen molar-refractivity contribution in [1.82, 2.24) is 16.0 Å². The van der Waals surface area contributed by atoms with Gasteiger partial charge >= 0.3 is 11.9 Å². The summed E-state index contributed by atoms with van der Waals surface area (Å²) in [6.45, 7) is 1.30. The fourth-order valence-corrected chi connectivity index (χ4v) is 2.61. The van der Waals surface area contributed by atoms with E-state index in [1.54, 1.807) is 6.26 Å².